The Hall–Kier alpha value is -1.01. The summed E-state index contributed by atoms with van der Waals surface area (Å²) >= 11 is 6.01. The van der Waals surface area contributed by atoms with Crippen molar-refractivity contribution < 1.29 is 13.2 Å². The van der Waals surface area contributed by atoms with E-state index >= 15 is 0 Å². The zero-order chi connectivity index (χ0) is 15.7. The molecule has 0 N–H and O–H groups in total. The van der Waals surface area contributed by atoms with Crippen molar-refractivity contribution in [3.63, 3.8) is 0 Å². The van der Waals surface area contributed by atoms with Crippen LogP contribution in [0.15, 0.2) is 12.3 Å². The van der Waals surface area contributed by atoms with Gasteiger partial charge in [0.05, 0.1) is 10.6 Å². The smallest absolute Gasteiger partial charge is 0.353 e. The molecule has 0 aromatic carbocycles. The highest BCUT2D eigenvalue weighted by molar-refractivity contribution is 6.33. The Morgan fingerprint density at radius 2 is 1.73 bits per heavy atom. The van der Waals surface area contributed by atoms with Crippen LogP contribution < -0.4 is 4.90 Å². The second-order valence-corrected chi connectivity index (χ2v) is 6.40. The maximum atomic E-state index is 12.6. The van der Waals surface area contributed by atoms with Gasteiger partial charge in [0.15, 0.2) is 0 Å². The van der Waals surface area contributed by atoms with Gasteiger partial charge in [-0.2, -0.15) is 13.2 Å². The van der Waals surface area contributed by atoms with Gasteiger partial charge in [0.1, 0.15) is 5.82 Å². The van der Waals surface area contributed by atoms with E-state index in [1.54, 1.807) is 0 Å². The first-order valence-corrected chi connectivity index (χ1v) is 8.04. The van der Waals surface area contributed by atoms with E-state index in [4.69, 9.17) is 11.6 Å². The summed E-state index contributed by atoms with van der Waals surface area (Å²) in [7, 11) is 0. The Kier molecular flexibility index (Phi) is 4.50. The molecule has 1 aliphatic heterocycles. The lowest BCUT2D eigenvalue weighted by Gasteiger charge is -2.38. The van der Waals surface area contributed by atoms with Crippen molar-refractivity contribution in [3.8, 4) is 0 Å². The van der Waals surface area contributed by atoms with Crippen LogP contribution in [-0.2, 0) is 6.18 Å². The summed E-state index contributed by atoms with van der Waals surface area (Å²) in [6.45, 7) is 3.36. The summed E-state index contributed by atoms with van der Waals surface area (Å²) in [5, 5.41) is 0.0733. The maximum absolute atomic E-state index is 12.6. The quantitative estimate of drug-likeness (QED) is 0.820. The third kappa shape index (κ3) is 3.33. The van der Waals surface area contributed by atoms with E-state index in [1.807, 2.05) is 4.90 Å². The first kappa shape index (κ1) is 15.9. The molecule has 0 unspecified atom stereocenters. The molecule has 0 spiro atoms. The van der Waals surface area contributed by atoms with Gasteiger partial charge in [0.2, 0.25) is 0 Å². The number of hydrogen-bond acceptors (Lipinski definition) is 3. The van der Waals surface area contributed by atoms with Crippen molar-refractivity contribution in [2.75, 3.05) is 31.1 Å². The van der Waals surface area contributed by atoms with Crippen molar-refractivity contribution >= 4 is 17.4 Å². The van der Waals surface area contributed by atoms with Gasteiger partial charge in [-0.3, -0.25) is 4.90 Å². The molecular weight excluding hydrogens is 315 g/mol. The van der Waals surface area contributed by atoms with Crippen LogP contribution >= 0.6 is 11.6 Å². The number of pyridine rings is 1. The van der Waals surface area contributed by atoms with Crippen molar-refractivity contribution in [3.05, 3.63) is 22.8 Å². The number of hydrogen-bond donors (Lipinski definition) is 0. The molecule has 1 saturated carbocycles. The highest BCUT2D eigenvalue weighted by Gasteiger charge is 2.32. The molecule has 0 bridgehead atoms. The van der Waals surface area contributed by atoms with Gasteiger partial charge in [0, 0.05) is 38.4 Å². The molecule has 1 aromatic rings. The minimum Gasteiger partial charge on any atom is -0.353 e. The highest BCUT2D eigenvalue weighted by atomic mass is 35.5. The monoisotopic (exact) mass is 333 g/mol. The highest BCUT2D eigenvalue weighted by Crippen LogP contribution is 2.34. The molecule has 122 valence electrons. The minimum atomic E-state index is -4.41. The van der Waals surface area contributed by atoms with E-state index in [0.717, 1.165) is 38.4 Å². The Balaban J connectivity index is 1.66. The fourth-order valence-electron chi connectivity index (χ4n) is 3.39. The second kappa shape index (κ2) is 6.24. The van der Waals surface area contributed by atoms with Crippen molar-refractivity contribution in [1.29, 1.82) is 0 Å². The second-order valence-electron chi connectivity index (χ2n) is 5.99. The molecule has 0 radical (unpaired) electrons. The Labute approximate surface area is 133 Å². The van der Waals surface area contributed by atoms with Gasteiger partial charge >= 0.3 is 6.18 Å². The first-order chi connectivity index (χ1) is 10.4. The normalized spacial score (nSPS) is 21.5. The maximum Gasteiger partial charge on any atom is 0.417 e. The van der Waals surface area contributed by atoms with Crippen molar-refractivity contribution in [1.82, 2.24) is 9.88 Å². The van der Waals surface area contributed by atoms with Crippen LogP contribution in [0.4, 0.5) is 19.0 Å². The van der Waals surface area contributed by atoms with Gasteiger partial charge in [0.25, 0.3) is 0 Å². The minimum absolute atomic E-state index is 0.0733. The summed E-state index contributed by atoms with van der Waals surface area (Å²) in [6.07, 6.45) is 1.59. The molecular formula is C15H19ClF3N3. The van der Waals surface area contributed by atoms with Crippen LogP contribution in [0.2, 0.25) is 5.02 Å². The average molecular weight is 334 g/mol. The fraction of sp³-hybridized carbons (Fsp3) is 0.667. The number of rotatable bonds is 2. The van der Waals surface area contributed by atoms with E-state index in [2.05, 4.69) is 9.88 Å². The van der Waals surface area contributed by atoms with Gasteiger partial charge in [-0.05, 0) is 18.9 Å². The summed E-state index contributed by atoms with van der Waals surface area (Å²) in [6, 6.07) is 1.64. The SMILES string of the molecule is FC(F)(F)c1cnc(N2CCN(C3CCCC3)CC2)c(Cl)c1. The lowest BCUT2D eigenvalue weighted by Crippen LogP contribution is -2.50. The molecule has 2 fully saturated rings. The van der Waals surface area contributed by atoms with Crippen LogP contribution in [0.5, 0.6) is 0 Å². The molecule has 1 aromatic heterocycles. The van der Waals surface area contributed by atoms with Gasteiger partial charge in [-0.25, -0.2) is 4.98 Å². The van der Waals surface area contributed by atoms with E-state index in [0.29, 0.717) is 11.9 Å². The standard InChI is InChI=1S/C15H19ClF3N3/c16-13-9-11(15(17,18)19)10-20-14(13)22-7-5-21(6-8-22)12-3-1-2-4-12/h9-10,12H,1-8H2. The van der Waals surface area contributed by atoms with E-state index in [-0.39, 0.29) is 5.02 Å². The largest absolute Gasteiger partial charge is 0.417 e. The number of nitrogens with zero attached hydrogens (tertiary/aromatic N) is 3. The zero-order valence-electron chi connectivity index (χ0n) is 12.2. The molecule has 3 rings (SSSR count). The van der Waals surface area contributed by atoms with Crippen LogP contribution in [0.3, 0.4) is 0 Å². The number of alkyl halides is 3. The first-order valence-electron chi connectivity index (χ1n) is 7.67. The molecule has 2 aliphatic rings. The topological polar surface area (TPSA) is 19.4 Å². The molecule has 1 saturated heterocycles. The van der Waals surface area contributed by atoms with Gasteiger partial charge in [-0.1, -0.05) is 24.4 Å². The summed E-state index contributed by atoms with van der Waals surface area (Å²) in [5.41, 5.74) is -0.800. The van der Waals surface area contributed by atoms with Crippen LogP contribution in [0, 0.1) is 0 Å². The number of halogens is 4. The summed E-state index contributed by atoms with van der Waals surface area (Å²) in [5.74, 6) is 0.459. The Morgan fingerprint density at radius 3 is 2.27 bits per heavy atom. The Morgan fingerprint density at radius 1 is 1.09 bits per heavy atom. The molecule has 22 heavy (non-hydrogen) atoms. The van der Waals surface area contributed by atoms with Gasteiger partial charge in [-0.15, -0.1) is 0 Å². The molecule has 0 amide bonds. The lowest BCUT2D eigenvalue weighted by atomic mass is 10.2. The number of aromatic nitrogens is 1. The van der Waals surface area contributed by atoms with E-state index in [9.17, 15) is 13.2 Å². The summed E-state index contributed by atoms with van der Waals surface area (Å²) in [4.78, 5) is 8.41. The fourth-order valence-corrected chi connectivity index (χ4v) is 3.67. The lowest BCUT2D eigenvalue weighted by molar-refractivity contribution is -0.137. The van der Waals surface area contributed by atoms with Crippen LogP contribution in [-0.4, -0.2) is 42.1 Å². The molecule has 7 heteroatoms. The van der Waals surface area contributed by atoms with Crippen molar-refractivity contribution in [2.24, 2.45) is 0 Å². The predicted molar refractivity (Wildman–Crippen MR) is 80.3 cm³/mol. The number of piperazine rings is 1. The summed E-state index contributed by atoms with van der Waals surface area (Å²) < 4.78 is 37.9. The van der Waals surface area contributed by atoms with Crippen LogP contribution in [0.25, 0.3) is 0 Å². The van der Waals surface area contributed by atoms with E-state index in [1.165, 1.54) is 25.7 Å². The van der Waals surface area contributed by atoms with E-state index < -0.39 is 11.7 Å². The van der Waals surface area contributed by atoms with Gasteiger partial charge < -0.3 is 4.90 Å². The third-order valence-corrected chi connectivity index (χ3v) is 4.88. The van der Waals surface area contributed by atoms with Crippen molar-refractivity contribution in [2.45, 2.75) is 37.9 Å². The molecule has 2 heterocycles. The molecule has 3 nitrogen and oxygen atoms in total. The third-order valence-electron chi connectivity index (χ3n) is 4.60. The molecule has 1 aliphatic carbocycles. The predicted octanol–water partition coefficient (Wildman–Crippen LogP) is 3.82. The molecule has 0 atom stereocenters. The number of anilines is 1. The van der Waals surface area contributed by atoms with Crippen LogP contribution in [0.1, 0.15) is 31.2 Å². The zero-order valence-corrected chi connectivity index (χ0v) is 13.0. The Bertz CT molecular complexity index is 521. The average Bonchev–Trinajstić information content (AvgIpc) is 3.01.